The molecule has 4 rings (SSSR count). The van der Waals surface area contributed by atoms with E-state index in [9.17, 15) is 4.79 Å². The molecule has 1 atom stereocenters. The Kier molecular flexibility index (Phi) is 3.96. The number of nitrogens with one attached hydrogen (secondary N) is 2. The lowest BCUT2D eigenvalue weighted by atomic mass is 9.48. The third kappa shape index (κ3) is 2.68. The zero-order valence-electron chi connectivity index (χ0n) is 13.1. The highest BCUT2D eigenvalue weighted by molar-refractivity contribution is 5.74. The largest absolute Gasteiger partial charge is 0.338 e. The van der Waals surface area contributed by atoms with Gasteiger partial charge >= 0.3 is 6.03 Å². The summed E-state index contributed by atoms with van der Waals surface area (Å²) >= 11 is 0. The highest BCUT2D eigenvalue weighted by Crippen LogP contribution is 2.61. The molecule has 0 unspecified atom stereocenters. The van der Waals surface area contributed by atoms with Crippen LogP contribution in [0.1, 0.15) is 65.2 Å². The SMILES string of the molecule is CCCCNC(=O)N[C@@H](C)C12CC3CC(CC(C3)C1)C2. The first-order chi connectivity index (χ1) is 9.61. The van der Waals surface area contributed by atoms with Crippen LogP contribution in [-0.4, -0.2) is 18.6 Å². The molecule has 0 saturated heterocycles. The second-order valence-corrected chi connectivity index (χ2v) is 7.76. The fourth-order valence-electron chi connectivity index (χ4n) is 5.49. The topological polar surface area (TPSA) is 41.1 Å². The van der Waals surface area contributed by atoms with Gasteiger partial charge in [-0.25, -0.2) is 4.79 Å². The van der Waals surface area contributed by atoms with Crippen molar-refractivity contribution in [2.24, 2.45) is 23.2 Å². The third-order valence-corrected chi connectivity index (χ3v) is 6.17. The molecule has 20 heavy (non-hydrogen) atoms. The lowest BCUT2D eigenvalue weighted by Crippen LogP contribution is -2.57. The number of carbonyl (C=O) groups is 1. The predicted octanol–water partition coefficient (Wildman–Crippen LogP) is 3.69. The average Bonchev–Trinajstić information content (AvgIpc) is 2.37. The minimum atomic E-state index is 0.0432. The lowest BCUT2D eigenvalue weighted by Gasteiger charge is -2.59. The normalized spacial score (nSPS) is 39.6. The van der Waals surface area contributed by atoms with Crippen LogP contribution in [0.5, 0.6) is 0 Å². The molecule has 0 aliphatic heterocycles. The van der Waals surface area contributed by atoms with Crippen molar-refractivity contribution < 1.29 is 4.79 Å². The molecule has 4 aliphatic rings. The quantitative estimate of drug-likeness (QED) is 0.740. The molecule has 114 valence electrons. The summed E-state index contributed by atoms with van der Waals surface area (Å²) in [5.41, 5.74) is 0.414. The molecule has 0 aromatic rings. The first-order valence-corrected chi connectivity index (χ1v) is 8.65. The van der Waals surface area contributed by atoms with Crippen molar-refractivity contribution in [1.82, 2.24) is 10.6 Å². The van der Waals surface area contributed by atoms with Crippen molar-refractivity contribution >= 4 is 6.03 Å². The monoisotopic (exact) mass is 278 g/mol. The molecule has 3 nitrogen and oxygen atoms in total. The molecular formula is C17H30N2O. The molecule has 4 aliphatic carbocycles. The van der Waals surface area contributed by atoms with Crippen LogP contribution in [0, 0.1) is 23.2 Å². The average molecular weight is 278 g/mol. The van der Waals surface area contributed by atoms with Gasteiger partial charge in [0.15, 0.2) is 0 Å². The summed E-state index contributed by atoms with van der Waals surface area (Å²) in [5.74, 6) is 2.86. The summed E-state index contributed by atoms with van der Waals surface area (Å²) in [7, 11) is 0. The van der Waals surface area contributed by atoms with Crippen molar-refractivity contribution in [2.45, 2.75) is 71.3 Å². The Morgan fingerprint density at radius 3 is 2.20 bits per heavy atom. The van der Waals surface area contributed by atoms with E-state index in [2.05, 4.69) is 24.5 Å². The van der Waals surface area contributed by atoms with Crippen LogP contribution in [0.4, 0.5) is 4.79 Å². The number of hydrogen-bond donors (Lipinski definition) is 2. The molecular weight excluding hydrogens is 248 g/mol. The molecule has 4 bridgehead atoms. The molecule has 0 aromatic heterocycles. The van der Waals surface area contributed by atoms with E-state index in [1.165, 1.54) is 38.5 Å². The summed E-state index contributed by atoms with van der Waals surface area (Å²) in [5, 5.41) is 6.24. The second-order valence-electron chi connectivity index (χ2n) is 7.76. The Morgan fingerprint density at radius 2 is 1.70 bits per heavy atom. The number of hydrogen-bond acceptors (Lipinski definition) is 1. The van der Waals surface area contributed by atoms with Crippen LogP contribution in [-0.2, 0) is 0 Å². The molecule has 0 aromatic carbocycles. The van der Waals surface area contributed by atoms with Crippen molar-refractivity contribution in [3.05, 3.63) is 0 Å². The maximum atomic E-state index is 12.0. The summed E-state index contributed by atoms with van der Waals surface area (Å²) < 4.78 is 0. The summed E-state index contributed by atoms with van der Waals surface area (Å²) in [4.78, 5) is 12.0. The van der Waals surface area contributed by atoms with E-state index < -0.39 is 0 Å². The van der Waals surface area contributed by atoms with Crippen molar-refractivity contribution in [3.8, 4) is 0 Å². The highest BCUT2D eigenvalue weighted by Gasteiger charge is 2.53. The Morgan fingerprint density at radius 1 is 1.15 bits per heavy atom. The van der Waals surface area contributed by atoms with Crippen molar-refractivity contribution in [3.63, 3.8) is 0 Å². The van der Waals surface area contributed by atoms with Gasteiger partial charge in [0, 0.05) is 12.6 Å². The molecule has 4 fully saturated rings. The van der Waals surface area contributed by atoms with E-state index in [-0.39, 0.29) is 6.03 Å². The van der Waals surface area contributed by atoms with Gasteiger partial charge < -0.3 is 10.6 Å². The van der Waals surface area contributed by atoms with E-state index in [0.29, 0.717) is 11.5 Å². The van der Waals surface area contributed by atoms with Gasteiger partial charge in [0.1, 0.15) is 0 Å². The molecule has 0 radical (unpaired) electrons. The van der Waals surface area contributed by atoms with Gasteiger partial charge in [0.05, 0.1) is 0 Å². The van der Waals surface area contributed by atoms with Gasteiger partial charge in [-0.1, -0.05) is 13.3 Å². The number of unbranched alkanes of at least 4 members (excludes halogenated alkanes) is 1. The van der Waals surface area contributed by atoms with Crippen LogP contribution < -0.4 is 10.6 Å². The molecule has 2 amide bonds. The molecule has 0 spiro atoms. The van der Waals surface area contributed by atoms with E-state index in [0.717, 1.165) is 37.1 Å². The van der Waals surface area contributed by atoms with Gasteiger partial charge in [-0.2, -0.15) is 0 Å². The maximum absolute atomic E-state index is 12.0. The van der Waals surface area contributed by atoms with Gasteiger partial charge in [-0.05, 0) is 75.0 Å². The van der Waals surface area contributed by atoms with E-state index in [1.54, 1.807) is 0 Å². The zero-order chi connectivity index (χ0) is 14.2. The van der Waals surface area contributed by atoms with Crippen LogP contribution in [0.25, 0.3) is 0 Å². The minimum Gasteiger partial charge on any atom is -0.338 e. The Hall–Kier alpha value is -0.730. The first-order valence-electron chi connectivity index (χ1n) is 8.65. The standard InChI is InChI=1S/C17H30N2O/c1-3-4-5-18-16(20)19-12(2)17-9-13-6-14(10-17)8-15(7-13)11-17/h12-15H,3-11H2,1-2H3,(H2,18,19,20)/t12-,13?,14?,15?,17?/m0/s1. The molecule has 3 heteroatoms. The zero-order valence-corrected chi connectivity index (χ0v) is 13.1. The van der Waals surface area contributed by atoms with Gasteiger partial charge in [-0.15, -0.1) is 0 Å². The van der Waals surface area contributed by atoms with Crippen LogP contribution in [0.2, 0.25) is 0 Å². The van der Waals surface area contributed by atoms with Gasteiger partial charge in [-0.3, -0.25) is 0 Å². The Labute approximate surface area is 123 Å². The van der Waals surface area contributed by atoms with Crippen LogP contribution in [0.3, 0.4) is 0 Å². The fourth-order valence-corrected chi connectivity index (χ4v) is 5.49. The summed E-state index contributed by atoms with van der Waals surface area (Å²) in [6.45, 7) is 5.19. The second kappa shape index (κ2) is 5.57. The smallest absolute Gasteiger partial charge is 0.315 e. The fraction of sp³-hybridized carbons (Fsp3) is 0.941. The Bertz CT molecular complexity index is 331. The minimum absolute atomic E-state index is 0.0432. The van der Waals surface area contributed by atoms with Gasteiger partial charge in [0.25, 0.3) is 0 Å². The number of carbonyl (C=O) groups excluding carboxylic acids is 1. The Balaban J connectivity index is 1.56. The number of rotatable bonds is 5. The summed E-state index contributed by atoms with van der Waals surface area (Å²) in [6.07, 6.45) is 10.7. The van der Waals surface area contributed by atoms with Crippen molar-refractivity contribution in [2.75, 3.05) is 6.54 Å². The molecule has 4 saturated carbocycles. The van der Waals surface area contributed by atoms with E-state index in [4.69, 9.17) is 0 Å². The molecule has 2 N–H and O–H groups in total. The lowest BCUT2D eigenvalue weighted by molar-refractivity contribution is -0.0682. The number of urea groups is 1. The van der Waals surface area contributed by atoms with Crippen molar-refractivity contribution in [1.29, 1.82) is 0 Å². The van der Waals surface area contributed by atoms with Crippen LogP contribution >= 0.6 is 0 Å². The first kappa shape index (κ1) is 14.2. The highest BCUT2D eigenvalue weighted by atomic mass is 16.2. The third-order valence-electron chi connectivity index (χ3n) is 6.17. The molecule has 0 heterocycles. The maximum Gasteiger partial charge on any atom is 0.315 e. The summed E-state index contributed by atoms with van der Waals surface area (Å²) in [6, 6.07) is 0.374. The van der Waals surface area contributed by atoms with E-state index in [1.807, 2.05) is 0 Å². The van der Waals surface area contributed by atoms with E-state index >= 15 is 0 Å². The van der Waals surface area contributed by atoms with Crippen LogP contribution in [0.15, 0.2) is 0 Å². The number of amides is 2. The predicted molar refractivity (Wildman–Crippen MR) is 81.5 cm³/mol. The van der Waals surface area contributed by atoms with Gasteiger partial charge in [0.2, 0.25) is 0 Å².